The van der Waals surface area contributed by atoms with Crippen LogP contribution < -0.4 is 0 Å². The van der Waals surface area contributed by atoms with Crippen molar-refractivity contribution in [1.29, 1.82) is 0 Å². The van der Waals surface area contributed by atoms with E-state index in [4.69, 9.17) is 4.74 Å². The molecule has 5 aliphatic rings. The zero-order chi connectivity index (χ0) is 8.58. The predicted molar refractivity (Wildman–Crippen MR) is 50.3 cm³/mol. The largest absolute Gasteiger partial charge is 0.374 e. The van der Waals surface area contributed by atoms with Crippen molar-refractivity contribution < 1.29 is 4.74 Å². The van der Waals surface area contributed by atoms with E-state index < -0.39 is 0 Å². The van der Waals surface area contributed by atoms with Crippen LogP contribution in [0.15, 0.2) is 0 Å². The van der Waals surface area contributed by atoms with Gasteiger partial charge in [0.05, 0.1) is 12.2 Å². The van der Waals surface area contributed by atoms with E-state index in [-0.39, 0.29) is 0 Å². The van der Waals surface area contributed by atoms with Crippen LogP contribution in [0.2, 0.25) is 0 Å². The molecule has 0 amide bonds. The standard InChI is InChI=1S/C12H18O/c1-6-9-5-10-8-4-2-3-7(9)12(8)13-11(6)10/h6-12H,2-5H2,1H3. The van der Waals surface area contributed by atoms with Crippen molar-refractivity contribution >= 4 is 0 Å². The van der Waals surface area contributed by atoms with Gasteiger partial charge in [-0.05, 0) is 48.9 Å². The molecule has 0 aromatic carbocycles. The molecule has 0 radical (unpaired) electrons. The summed E-state index contributed by atoms with van der Waals surface area (Å²) in [4.78, 5) is 0. The van der Waals surface area contributed by atoms with Crippen LogP contribution in [0.3, 0.4) is 0 Å². The lowest BCUT2D eigenvalue weighted by Gasteiger charge is -2.45. The molecule has 72 valence electrons. The summed E-state index contributed by atoms with van der Waals surface area (Å²) in [6.07, 6.45) is 7.32. The maximum atomic E-state index is 6.23. The molecule has 13 heavy (non-hydrogen) atoms. The minimum absolute atomic E-state index is 0.675. The van der Waals surface area contributed by atoms with Crippen molar-refractivity contribution in [3.63, 3.8) is 0 Å². The lowest BCUT2D eigenvalue weighted by molar-refractivity contribution is -0.104. The van der Waals surface area contributed by atoms with Crippen molar-refractivity contribution in [2.45, 2.75) is 44.8 Å². The average Bonchev–Trinajstić information content (AvgIpc) is 2.54. The predicted octanol–water partition coefficient (Wildman–Crippen LogP) is 2.46. The highest BCUT2D eigenvalue weighted by Gasteiger charge is 2.63. The second kappa shape index (κ2) is 2.13. The summed E-state index contributed by atoms with van der Waals surface area (Å²) in [5, 5.41) is 0. The number of ether oxygens (including phenoxy) is 1. The van der Waals surface area contributed by atoms with Gasteiger partial charge in [0.1, 0.15) is 0 Å². The van der Waals surface area contributed by atoms with Crippen LogP contribution in [0.1, 0.15) is 32.6 Å². The molecule has 5 rings (SSSR count). The second-order valence-corrected chi connectivity index (χ2v) is 5.75. The first-order chi connectivity index (χ1) is 6.36. The topological polar surface area (TPSA) is 9.23 Å². The number of rotatable bonds is 0. The Kier molecular flexibility index (Phi) is 1.19. The summed E-state index contributed by atoms with van der Waals surface area (Å²) >= 11 is 0. The molecule has 3 saturated carbocycles. The quantitative estimate of drug-likeness (QED) is 0.553. The maximum absolute atomic E-state index is 6.23. The molecule has 2 saturated heterocycles. The summed E-state index contributed by atoms with van der Waals surface area (Å²) in [6, 6.07) is 0. The third-order valence-corrected chi connectivity index (χ3v) is 5.49. The van der Waals surface area contributed by atoms with Crippen LogP contribution in [0.5, 0.6) is 0 Å². The van der Waals surface area contributed by atoms with E-state index >= 15 is 0 Å². The first-order valence-corrected chi connectivity index (χ1v) is 6.02. The third-order valence-electron chi connectivity index (χ3n) is 5.49. The Balaban J connectivity index is 1.82. The van der Waals surface area contributed by atoms with Gasteiger partial charge in [0, 0.05) is 0 Å². The van der Waals surface area contributed by atoms with Gasteiger partial charge in [-0.15, -0.1) is 0 Å². The van der Waals surface area contributed by atoms with Crippen molar-refractivity contribution in [1.82, 2.24) is 0 Å². The zero-order valence-electron chi connectivity index (χ0n) is 8.28. The van der Waals surface area contributed by atoms with Crippen molar-refractivity contribution in [2.75, 3.05) is 0 Å². The molecule has 0 aromatic rings. The van der Waals surface area contributed by atoms with Crippen LogP contribution in [-0.2, 0) is 4.74 Å². The molecule has 7 unspecified atom stereocenters. The van der Waals surface area contributed by atoms with E-state index in [1.807, 2.05) is 0 Å². The molecule has 5 fully saturated rings. The lowest BCUT2D eigenvalue weighted by atomic mass is 9.64. The lowest BCUT2D eigenvalue weighted by Crippen LogP contribution is -2.44. The average molecular weight is 178 g/mol. The van der Waals surface area contributed by atoms with Gasteiger partial charge in [-0.3, -0.25) is 0 Å². The van der Waals surface area contributed by atoms with Crippen molar-refractivity contribution in [3.8, 4) is 0 Å². The Morgan fingerprint density at radius 2 is 1.69 bits per heavy atom. The maximum Gasteiger partial charge on any atom is 0.0641 e. The molecule has 1 nitrogen and oxygen atoms in total. The molecule has 0 aromatic heterocycles. The summed E-state index contributed by atoms with van der Waals surface area (Å²) in [5.74, 6) is 4.84. The molecular formula is C12H18O. The van der Waals surface area contributed by atoms with Crippen LogP contribution in [0, 0.1) is 29.6 Å². The highest BCUT2D eigenvalue weighted by molar-refractivity contribution is 5.11. The fourth-order valence-electron chi connectivity index (χ4n) is 5.04. The Bertz CT molecular complexity index is 242. The molecule has 0 spiro atoms. The van der Waals surface area contributed by atoms with Crippen molar-refractivity contribution in [3.05, 3.63) is 0 Å². The van der Waals surface area contributed by atoms with E-state index in [1.54, 1.807) is 0 Å². The van der Waals surface area contributed by atoms with Gasteiger partial charge < -0.3 is 4.74 Å². The molecule has 2 aliphatic heterocycles. The minimum atomic E-state index is 0.675. The Morgan fingerprint density at radius 1 is 0.923 bits per heavy atom. The van der Waals surface area contributed by atoms with E-state index in [0.29, 0.717) is 12.2 Å². The SMILES string of the molecule is CC1C2CC3C4CCCC2C4OC13. The Labute approximate surface area is 79.8 Å². The smallest absolute Gasteiger partial charge is 0.0641 e. The van der Waals surface area contributed by atoms with E-state index in [1.165, 1.54) is 25.7 Å². The van der Waals surface area contributed by atoms with Crippen molar-refractivity contribution in [2.24, 2.45) is 29.6 Å². The van der Waals surface area contributed by atoms with Crippen LogP contribution >= 0.6 is 0 Å². The first-order valence-electron chi connectivity index (χ1n) is 6.02. The van der Waals surface area contributed by atoms with Gasteiger partial charge >= 0.3 is 0 Å². The molecule has 3 aliphatic carbocycles. The summed E-state index contributed by atoms with van der Waals surface area (Å²) in [6.45, 7) is 2.44. The monoisotopic (exact) mass is 178 g/mol. The van der Waals surface area contributed by atoms with Gasteiger partial charge in [0.15, 0.2) is 0 Å². The first kappa shape index (κ1) is 7.28. The van der Waals surface area contributed by atoms with Crippen LogP contribution in [0.4, 0.5) is 0 Å². The normalized spacial score (nSPS) is 67.6. The van der Waals surface area contributed by atoms with Crippen LogP contribution in [-0.4, -0.2) is 12.2 Å². The second-order valence-electron chi connectivity index (χ2n) is 5.75. The highest BCUT2D eigenvalue weighted by Crippen LogP contribution is 2.63. The fourth-order valence-corrected chi connectivity index (χ4v) is 5.04. The fraction of sp³-hybridized carbons (Fsp3) is 1.00. The molecule has 6 bridgehead atoms. The minimum Gasteiger partial charge on any atom is -0.374 e. The molecule has 1 heteroatoms. The van der Waals surface area contributed by atoms with Gasteiger partial charge in [-0.1, -0.05) is 13.3 Å². The van der Waals surface area contributed by atoms with Gasteiger partial charge in [-0.25, -0.2) is 0 Å². The van der Waals surface area contributed by atoms with Gasteiger partial charge in [0.2, 0.25) is 0 Å². The Hall–Kier alpha value is -0.0400. The molecule has 2 heterocycles. The Morgan fingerprint density at radius 3 is 2.54 bits per heavy atom. The van der Waals surface area contributed by atoms with Gasteiger partial charge in [0.25, 0.3) is 0 Å². The van der Waals surface area contributed by atoms with Crippen LogP contribution in [0.25, 0.3) is 0 Å². The zero-order valence-corrected chi connectivity index (χ0v) is 8.28. The summed E-state index contributed by atoms with van der Waals surface area (Å²) in [7, 11) is 0. The van der Waals surface area contributed by atoms with Gasteiger partial charge in [-0.2, -0.15) is 0 Å². The molecule has 7 atom stereocenters. The number of hydrogen-bond donors (Lipinski definition) is 0. The molecule has 0 N–H and O–H groups in total. The van der Waals surface area contributed by atoms with E-state index in [9.17, 15) is 0 Å². The summed E-state index contributed by atoms with van der Waals surface area (Å²) < 4.78 is 6.23. The summed E-state index contributed by atoms with van der Waals surface area (Å²) in [5.41, 5.74) is 0. The number of hydrogen-bond acceptors (Lipinski definition) is 1. The van der Waals surface area contributed by atoms with E-state index in [2.05, 4.69) is 6.92 Å². The molecular weight excluding hydrogens is 160 g/mol. The van der Waals surface area contributed by atoms with E-state index in [0.717, 1.165) is 29.6 Å². The highest BCUT2D eigenvalue weighted by atomic mass is 16.5. The third kappa shape index (κ3) is 0.674.